The number of thiazole rings is 1. The van der Waals surface area contributed by atoms with Crippen molar-refractivity contribution in [1.82, 2.24) is 19.7 Å². The van der Waals surface area contributed by atoms with Crippen molar-refractivity contribution in [3.05, 3.63) is 71.0 Å². The second kappa shape index (κ2) is 8.12. The van der Waals surface area contributed by atoms with Crippen LogP contribution in [0, 0.1) is 0 Å². The molecule has 4 rings (SSSR count). The Morgan fingerprint density at radius 1 is 1.19 bits per heavy atom. The van der Waals surface area contributed by atoms with Crippen LogP contribution in [0.1, 0.15) is 5.69 Å². The molecule has 0 bridgehead atoms. The first kappa shape index (κ1) is 18.0. The minimum Gasteiger partial charge on any atom is -0.497 e. The fraction of sp³-hybridized carbons (Fsp3) is 0.105. The Morgan fingerprint density at radius 3 is 2.93 bits per heavy atom. The molecule has 27 heavy (non-hydrogen) atoms. The predicted molar refractivity (Wildman–Crippen MR) is 110 cm³/mol. The molecule has 8 heteroatoms. The maximum absolute atomic E-state index is 6.09. The fourth-order valence-corrected chi connectivity index (χ4v) is 4.45. The highest BCUT2D eigenvalue weighted by atomic mass is 35.5. The SMILES string of the molecule is COc1cccc(-c2nc(CSc3nncn3-c3cccc(Cl)c3)cs2)c1. The summed E-state index contributed by atoms with van der Waals surface area (Å²) in [5.41, 5.74) is 2.99. The van der Waals surface area contributed by atoms with Crippen molar-refractivity contribution in [3.63, 3.8) is 0 Å². The molecule has 0 N–H and O–H groups in total. The monoisotopic (exact) mass is 414 g/mol. The minimum atomic E-state index is 0.680. The van der Waals surface area contributed by atoms with Gasteiger partial charge in [0.05, 0.1) is 18.5 Å². The summed E-state index contributed by atoms with van der Waals surface area (Å²) in [4.78, 5) is 4.74. The maximum Gasteiger partial charge on any atom is 0.195 e. The number of benzene rings is 2. The Kier molecular flexibility index (Phi) is 5.42. The van der Waals surface area contributed by atoms with E-state index in [4.69, 9.17) is 21.3 Å². The van der Waals surface area contributed by atoms with Crippen LogP contribution in [0.5, 0.6) is 5.75 Å². The standard InChI is InChI=1S/C19H15ClN4OS2/c1-25-17-7-2-4-13(8-17)18-22-15(10-26-18)11-27-19-23-21-12-24(19)16-6-3-5-14(20)9-16/h2-10,12H,11H2,1H3. The van der Waals surface area contributed by atoms with Gasteiger partial charge >= 0.3 is 0 Å². The molecular formula is C19H15ClN4OS2. The Hall–Kier alpha value is -2.35. The van der Waals surface area contributed by atoms with Crippen molar-refractivity contribution in [2.24, 2.45) is 0 Å². The van der Waals surface area contributed by atoms with E-state index in [0.717, 1.165) is 32.9 Å². The lowest BCUT2D eigenvalue weighted by molar-refractivity contribution is 0.415. The lowest BCUT2D eigenvalue weighted by Crippen LogP contribution is -1.95. The zero-order chi connectivity index (χ0) is 18.6. The average molecular weight is 415 g/mol. The van der Waals surface area contributed by atoms with Gasteiger partial charge in [0.25, 0.3) is 0 Å². The molecule has 0 aliphatic heterocycles. The van der Waals surface area contributed by atoms with Gasteiger partial charge < -0.3 is 4.74 Å². The number of hydrogen-bond acceptors (Lipinski definition) is 6. The normalized spacial score (nSPS) is 10.9. The minimum absolute atomic E-state index is 0.680. The molecule has 0 unspecified atom stereocenters. The third-order valence-corrected chi connectivity index (χ3v) is 5.97. The third kappa shape index (κ3) is 4.16. The number of methoxy groups -OCH3 is 1. The largest absolute Gasteiger partial charge is 0.497 e. The number of halogens is 1. The van der Waals surface area contributed by atoms with Crippen molar-refractivity contribution >= 4 is 34.7 Å². The first-order valence-corrected chi connectivity index (χ1v) is 10.3. The van der Waals surface area contributed by atoms with Crippen molar-refractivity contribution in [3.8, 4) is 22.0 Å². The highest BCUT2D eigenvalue weighted by Crippen LogP contribution is 2.30. The summed E-state index contributed by atoms with van der Waals surface area (Å²) in [5, 5.41) is 12.8. The molecule has 4 aromatic rings. The molecule has 0 aliphatic rings. The van der Waals surface area contributed by atoms with Crippen LogP contribution in [0.2, 0.25) is 5.02 Å². The Balaban J connectivity index is 1.49. The van der Waals surface area contributed by atoms with E-state index in [1.54, 1.807) is 36.5 Å². The zero-order valence-electron chi connectivity index (χ0n) is 14.4. The highest BCUT2D eigenvalue weighted by molar-refractivity contribution is 7.98. The molecule has 2 aromatic heterocycles. The number of ether oxygens (including phenoxy) is 1. The molecule has 0 saturated carbocycles. The number of thioether (sulfide) groups is 1. The molecule has 0 radical (unpaired) electrons. The molecular weight excluding hydrogens is 400 g/mol. The summed E-state index contributed by atoms with van der Waals surface area (Å²) < 4.78 is 7.21. The van der Waals surface area contributed by atoms with E-state index in [2.05, 4.69) is 15.6 Å². The van der Waals surface area contributed by atoms with Gasteiger partial charge in [-0.15, -0.1) is 21.5 Å². The lowest BCUT2D eigenvalue weighted by Gasteiger charge is -2.05. The van der Waals surface area contributed by atoms with E-state index >= 15 is 0 Å². The van der Waals surface area contributed by atoms with Crippen LogP contribution in [0.25, 0.3) is 16.3 Å². The van der Waals surface area contributed by atoms with Gasteiger partial charge in [-0.1, -0.05) is 41.6 Å². The summed E-state index contributed by atoms with van der Waals surface area (Å²) in [6, 6.07) is 15.5. The van der Waals surface area contributed by atoms with Crippen molar-refractivity contribution in [2.45, 2.75) is 10.9 Å². The van der Waals surface area contributed by atoms with Gasteiger partial charge in [0.2, 0.25) is 0 Å². The van der Waals surface area contributed by atoms with Gasteiger partial charge in [0, 0.05) is 21.7 Å². The number of hydrogen-bond donors (Lipinski definition) is 0. The molecule has 2 aromatic carbocycles. The second-order valence-corrected chi connectivity index (χ2v) is 7.87. The lowest BCUT2D eigenvalue weighted by atomic mass is 10.2. The van der Waals surface area contributed by atoms with Gasteiger partial charge in [-0.05, 0) is 30.3 Å². The van der Waals surface area contributed by atoms with Crippen LogP contribution in [0.15, 0.2) is 65.4 Å². The van der Waals surface area contributed by atoms with E-state index in [-0.39, 0.29) is 0 Å². The summed E-state index contributed by atoms with van der Waals surface area (Å²) in [6.45, 7) is 0. The molecule has 0 aliphatic carbocycles. The predicted octanol–water partition coefficient (Wildman–Crippen LogP) is 5.35. The van der Waals surface area contributed by atoms with E-state index < -0.39 is 0 Å². The molecule has 5 nitrogen and oxygen atoms in total. The van der Waals surface area contributed by atoms with Gasteiger partial charge in [0.15, 0.2) is 5.16 Å². The molecule has 0 spiro atoms. The van der Waals surface area contributed by atoms with Gasteiger partial charge in [-0.2, -0.15) is 0 Å². The molecule has 0 amide bonds. The number of nitrogens with zero attached hydrogens (tertiary/aromatic N) is 4. The van der Waals surface area contributed by atoms with Crippen molar-refractivity contribution < 1.29 is 4.74 Å². The van der Waals surface area contributed by atoms with Crippen LogP contribution >= 0.6 is 34.7 Å². The number of aromatic nitrogens is 4. The van der Waals surface area contributed by atoms with Crippen LogP contribution in [-0.4, -0.2) is 26.9 Å². The van der Waals surface area contributed by atoms with Gasteiger partial charge in [0.1, 0.15) is 17.1 Å². The van der Waals surface area contributed by atoms with E-state index in [0.29, 0.717) is 10.8 Å². The highest BCUT2D eigenvalue weighted by Gasteiger charge is 2.11. The van der Waals surface area contributed by atoms with Crippen LogP contribution in [0.4, 0.5) is 0 Å². The van der Waals surface area contributed by atoms with E-state index in [9.17, 15) is 0 Å². The first-order valence-electron chi connectivity index (χ1n) is 8.10. The van der Waals surface area contributed by atoms with Crippen molar-refractivity contribution in [1.29, 1.82) is 0 Å². The van der Waals surface area contributed by atoms with E-state index in [1.807, 2.05) is 53.1 Å². The van der Waals surface area contributed by atoms with Crippen molar-refractivity contribution in [2.75, 3.05) is 7.11 Å². The molecule has 136 valence electrons. The average Bonchev–Trinajstić information content (AvgIpc) is 3.36. The summed E-state index contributed by atoms with van der Waals surface area (Å²) in [7, 11) is 1.67. The Bertz CT molecular complexity index is 1060. The second-order valence-electron chi connectivity index (χ2n) is 5.63. The zero-order valence-corrected chi connectivity index (χ0v) is 16.8. The summed E-state index contributed by atoms with van der Waals surface area (Å²) in [5.74, 6) is 1.54. The topological polar surface area (TPSA) is 52.8 Å². The van der Waals surface area contributed by atoms with Gasteiger partial charge in [-0.3, -0.25) is 4.57 Å². The van der Waals surface area contributed by atoms with Crippen LogP contribution < -0.4 is 4.74 Å². The smallest absolute Gasteiger partial charge is 0.195 e. The fourth-order valence-electron chi connectivity index (χ4n) is 2.53. The van der Waals surface area contributed by atoms with Crippen LogP contribution in [0.3, 0.4) is 0 Å². The van der Waals surface area contributed by atoms with Crippen LogP contribution in [-0.2, 0) is 5.75 Å². The third-order valence-electron chi connectivity index (χ3n) is 3.82. The quantitative estimate of drug-likeness (QED) is 0.398. The summed E-state index contributed by atoms with van der Waals surface area (Å²) >= 11 is 9.30. The Morgan fingerprint density at radius 2 is 2.07 bits per heavy atom. The molecule has 0 saturated heterocycles. The number of rotatable bonds is 6. The molecule has 0 fully saturated rings. The van der Waals surface area contributed by atoms with E-state index in [1.165, 1.54) is 0 Å². The Labute approximate surface area is 170 Å². The maximum atomic E-state index is 6.09. The summed E-state index contributed by atoms with van der Waals surface area (Å²) in [6.07, 6.45) is 1.69. The molecule has 2 heterocycles. The molecule has 0 atom stereocenters. The van der Waals surface area contributed by atoms with Gasteiger partial charge in [-0.25, -0.2) is 4.98 Å². The first-order chi connectivity index (χ1) is 13.2.